The molecule has 0 aromatic heterocycles. The summed E-state index contributed by atoms with van der Waals surface area (Å²) in [6.07, 6.45) is 1.94. The van der Waals surface area contributed by atoms with E-state index >= 15 is 0 Å². The zero-order valence-corrected chi connectivity index (χ0v) is 10.5. The molecule has 0 aromatic rings. The van der Waals surface area contributed by atoms with Crippen molar-refractivity contribution in [1.29, 1.82) is 0 Å². The van der Waals surface area contributed by atoms with E-state index in [0.717, 1.165) is 18.8 Å². The number of nitrogens with zero attached hydrogens (tertiary/aromatic N) is 2. The first-order valence-electron chi connectivity index (χ1n) is 5.56. The fourth-order valence-corrected chi connectivity index (χ4v) is 1.51. The molecule has 0 aromatic carbocycles. The topological polar surface area (TPSA) is 41.6 Å². The van der Waals surface area contributed by atoms with Crippen molar-refractivity contribution in [2.45, 2.75) is 46.2 Å². The fraction of sp³-hybridized carbons (Fsp3) is 0.750. The molecule has 0 spiro atoms. The molecular weight excluding hydrogens is 186 g/mol. The second kappa shape index (κ2) is 4.35. The molecule has 1 rings (SSSR count). The number of hydrogen-bond acceptors (Lipinski definition) is 3. The van der Waals surface area contributed by atoms with E-state index < -0.39 is 0 Å². The summed E-state index contributed by atoms with van der Waals surface area (Å²) in [6.45, 7) is 12.6. The first-order valence-corrected chi connectivity index (χ1v) is 5.56. The lowest BCUT2D eigenvalue weighted by Gasteiger charge is -2.31. The highest BCUT2D eigenvalue weighted by Gasteiger charge is 2.27. The van der Waals surface area contributed by atoms with Crippen LogP contribution in [0.4, 0.5) is 0 Å². The maximum atomic E-state index is 6.00. The average molecular weight is 209 g/mol. The molecule has 86 valence electrons. The van der Waals surface area contributed by atoms with Gasteiger partial charge in [-0.1, -0.05) is 0 Å². The number of hydrogen-bond donors (Lipinski definition) is 1. The zero-order valence-electron chi connectivity index (χ0n) is 10.5. The molecule has 0 fully saturated rings. The molecule has 3 heteroatoms. The summed E-state index contributed by atoms with van der Waals surface area (Å²) in [7, 11) is 0. The van der Waals surface area contributed by atoms with Crippen molar-refractivity contribution >= 4 is 6.21 Å². The molecule has 0 amide bonds. The Labute approximate surface area is 93.1 Å². The fourth-order valence-electron chi connectivity index (χ4n) is 1.51. The van der Waals surface area contributed by atoms with Crippen molar-refractivity contribution in [1.82, 2.24) is 4.90 Å². The highest BCUT2D eigenvalue weighted by Crippen LogP contribution is 2.21. The van der Waals surface area contributed by atoms with Crippen LogP contribution in [0.25, 0.3) is 0 Å². The van der Waals surface area contributed by atoms with E-state index in [1.165, 1.54) is 5.57 Å². The molecule has 3 nitrogen and oxygen atoms in total. The van der Waals surface area contributed by atoms with E-state index in [2.05, 4.69) is 44.5 Å². The summed E-state index contributed by atoms with van der Waals surface area (Å²) in [4.78, 5) is 6.75. The molecule has 2 N–H and O–H groups in total. The van der Waals surface area contributed by atoms with Crippen LogP contribution in [0.1, 0.15) is 34.6 Å². The van der Waals surface area contributed by atoms with Crippen molar-refractivity contribution in [2.24, 2.45) is 10.7 Å². The quantitative estimate of drug-likeness (QED) is 0.705. The van der Waals surface area contributed by atoms with Crippen LogP contribution in [0.5, 0.6) is 0 Å². The molecule has 0 atom stereocenters. The maximum Gasteiger partial charge on any atom is 0.0443 e. The highest BCUT2D eigenvalue weighted by atomic mass is 15.2. The molecule has 1 aliphatic heterocycles. The normalized spacial score (nSPS) is 19.9. The van der Waals surface area contributed by atoms with Gasteiger partial charge >= 0.3 is 0 Å². The Hall–Kier alpha value is -0.830. The third-order valence-electron chi connectivity index (χ3n) is 2.61. The van der Waals surface area contributed by atoms with Crippen LogP contribution in [0.15, 0.2) is 16.3 Å². The van der Waals surface area contributed by atoms with E-state index in [1.807, 2.05) is 6.21 Å². The molecular formula is C12H23N3. The SMILES string of the molecule is CC(C)N=CC1=C(N)CN(C(C)(C)C)C1. The number of rotatable bonds is 2. The smallest absolute Gasteiger partial charge is 0.0443 e. The molecule has 0 saturated heterocycles. The van der Waals surface area contributed by atoms with Crippen molar-refractivity contribution in [3.63, 3.8) is 0 Å². The van der Waals surface area contributed by atoms with Crippen LogP contribution in [0.2, 0.25) is 0 Å². The Morgan fingerprint density at radius 3 is 2.33 bits per heavy atom. The summed E-state index contributed by atoms with van der Waals surface area (Å²) in [5, 5.41) is 0. The first-order chi connectivity index (χ1) is 6.80. The molecule has 0 bridgehead atoms. The lowest BCUT2D eigenvalue weighted by Crippen LogP contribution is -2.40. The van der Waals surface area contributed by atoms with Gasteiger partial charge in [0.05, 0.1) is 0 Å². The third kappa shape index (κ3) is 3.34. The van der Waals surface area contributed by atoms with Crippen molar-refractivity contribution in [3.05, 3.63) is 11.3 Å². The van der Waals surface area contributed by atoms with Gasteiger partial charge in [0.2, 0.25) is 0 Å². The van der Waals surface area contributed by atoms with Gasteiger partial charge in [-0.3, -0.25) is 9.89 Å². The maximum absolute atomic E-state index is 6.00. The van der Waals surface area contributed by atoms with Crippen LogP contribution < -0.4 is 5.73 Å². The molecule has 0 unspecified atom stereocenters. The molecule has 15 heavy (non-hydrogen) atoms. The Kier molecular flexibility index (Phi) is 3.55. The summed E-state index contributed by atoms with van der Waals surface area (Å²) in [6, 6.07) is 0.342. The lowest BCUT2D eigenvalue weighted by atomic mass is 10.1. The molecule has 0 saturated carbocycles. The van der Waals surface area contributed by atoms with Crippen LogP contribution in [-0.2, 0) is 0 Å². The minimum Gasteiger partial charge on any atom is -0.401 e. The van der Waals surface area contributed by atoms with Crippen LogP contribution in [0.3, 0.4) is 0 Å². The van der Waals surface area contributed by atoms with Crippen molar-refractivity contribution in [2.75, 3.05) is 13.1 Å². The molecule has 1 heterocycles. The van der Waals surface area contributed by atoms with Gasteiger partial charge < -0.3 is 5.73 Å². The average Bonchev–Trinajstić information content (AvgIpc) is 2.42. The predicted molar refractivity (Wildman–Crippen MR) is 66.2 cm³/mol. The second-order valence-corrected chi connectivity index (χ2v) is 5.45. The molecule has 0 radical (unpaired) electrons. The van der Waals surface area contributed by atoms with E-state index in [1.54, 1.807) is 0 Å². The zero-order chi connectivity index (χ0) is 11.6. The van der Waals surface area contributed by atoms with E-state index in [-0.39, 0.29) is 5.54 Å². The van der Waals surface area contributed by atoms with Gasteiger partial charge in [-0.15, -0.1) is 0 Å². The van der Waals surface area contributed by atoms with E-state index in [9.17, 15) is 0 Å². The Bertz CT molecular complexity index is 282. The van der Waals surface area contributed by atoms with Gasteiger partial charge in [0.25, 0.3) is 0 Å². The summed E-state index contributed by atoms with van der Waals surface area (Å²) in [5.41, 5.74) is 8.32. The molecule has 0 aliphatic carbocycles. The van der Waals surface area contributed by atoms with Gasteiger partial charge in [0, 0.05) is 42.2 Å². The van der Waals surface area contributed by atoms with E-state index in [4.69, 9.17) is 5.73 Å². The minimum atomic E-state index is 0.179. The van der Waals surface area contributed by atoms with Gasteiger partial charge in [0.1, 0.15) is 0 Å². The lowest BCUT2D eigenvalue weighted by molar-refractivity contribution is 0.180. The second-order valence-electron chi connectivity index (χ2n) is 5.45. The molecule has 1 aliphatic rings. The van der Waals surface area contributed by atoms with Crippen LogP contribution in [-0.4, -0.2) is 35.8 Å². The summed E-state index contributed by atoms with van der Waals surface area (Å²) >= 11 is 0. The highest BCUT2D eigenvalue weighted by molar-refractivity contribution is 5.81. The Morgan fingerprint density at radius 2 is 1.93 bits per heavy atom. The Morgan fingerprint density at radius 1 is 1.33 bits per heavy atom. The van der Waals surface area contributed by atoms with Gasteiger partial charge in [-0.2, -0.15) is 0 Å². The first kappa shape index (κ1) is 12.2. The summed E-state index contributed by atoms with van der Waals surface area (Å²) < 4.78 is 0. The van der Waals surface area contributed by atoms with Crippen molar-refractivity contribution in [3.8, 4) is 0 Å². The summed E-state index contributed by atoms with van der Waals surface area (Å²) in [5.74, 6) is 0. The minimum absolute atomic E-state index is 0.179. The third-order valence-corrected chi connectivity index (χ3v) is 2.61. The largest absolute Gasteiger partial charge is 0.401 e. The van der Waals surface area contributed by atoms with Crippen LogP contribution in [0, 0.1) is 0 Å². The van der Waals surface area contributed by atoms with Crippen LogP contribution >= 0.6 is 0 Å². The number of aliphatic imine (C=N–C) groups is 1. The monoisotopic (exact) mass is 209 g/mol. The standard InChI is InChI=1S/C12H23N3/c1-9(2)14-6-10-7-15(8-11(10)13)12(3,4)5/h6,9H,7-8,13H2,1-5H3. The van der Waals surface area contributed by atoms with Gasteiger partial charge in [-0.25, -0.2) is 0 Å². The van der Waals surface area contributed by atoms with Gasteiger partial charge in [-0.05, 0) is 34.6 Å². The van der Waals surface area contributed by atoms with E-state index in [0.29, 0.717) is 6.04 Å². The predicted octanol–water partition coefficient (Wildman–Crippen LogP) is 1.79. The van der Waals surface area contributed by atoms with Crippen molar-refractivity contribution < 1.29 is 0 Å². The number of nitrogens with two attached hydrogens (primary N) is 1. The Balaban J connectivity index is 2.66. The van der Waals surface area contributed by atoms with Gasteiger partial charge in [0.15, 0.2) is 0 Å².